The fourth-order valence-electron chi connectivity index (χ4n) is 3.64. The summed E-state index contributed by atoms with van der Waals surface area (Å²) in [5.41, 5.74) is 7.60. The number of pyridine rings is 1. The average molecular weight is 365 g/mol. The van der Waals surface area contributed by atoms with Crippen LogP contribution in [0.1, 0.15) is 18.4 Å². The van der Waals surface area contributed by atoms with Gasteiger partial charge in [0.15, 0.2) is 5.60 Å². The molecule has 2 aliphatic rings. The number of carbonyl (C=O) groups is 2. The van der Waals surface area contributed by atoms with Crippen molar-refractivity contribution in [2.24, 2.45) is 11.7 Å². The van der Waals surface area contributed by atoms with Crippen molar-refractivity contribution >= 4 is 11.8 Å². The number of amides is 2. The van der Waals surface area contributed by atoms with Gasteiger partial charge in [-0.3, -0.25) is 14.6 Å². The molecular weight excluding hydrogens is 342 g/mol. The second-order valence-electron chi connectivity index (χ2n) is 7.35. The van der Waals surface area contributed by atoms with Gasteiger partial charge in [-0.2, -0.15) is 0 Å². The topological polar surface area (TPSA) is 85.5 Å². The zero-order chi connectivity index (χ0) is 18.9. The van der Waals surface area contributed by atoms with Gasteiger partial charge in [0, 0.05) is 31.3 Å². The summed E-state index contributed by atoms with van der Waals surface area (Å²) in [6.07, 6.45) is 5.72. The number of nitrogens with zero attached hydrogens (tertiary/aromatic N) is 2. The van der Waals surface area contributed by atoms with E-state index in [2.05, 4.69) is 4.98 Å². The number of nitrogens with two attached hydrogens (primary N) is 1. The van der Waals surface area contributed by atoms with Gasteiger partial charge in [-0.15, -0.1) is 0 Å². The van der Waals surface area contributed by atoms with Crippen LogP contribution in [0.4, 0.5) is 0 Å². The third-order valence-corrected chi connectivity index (χ3v) is 5.30. The molecule has 1 aromatic heterocycles. The lowest BCUT2D eigenvalue weighted by molar-refractivity contribution is -0.164. The Balaban J connectivity index is 1.58. The van der Waals surface area contributed by atoms with Gasteiger partial charge in [-0.25, -0.2) is 0 Å². The van der Waals surface area contributed by atoms with Gasteiger partial charge in [0.05, 0.1) is 13.2 Å². The van der Waals surface area contributed by atoms with Crippen LogP contribution < -0.4 is 5.73 Å². The first kappa shape index (κ1) is 17.7. The normalized spacial score (nSPS) is 22.4. The van der Waals surface area contributed by atoms with Crippen LogP contribution in [-0.4, -0.2) is 47.0 Å². The lowest BCUT2D eigenvalue weighted by Crippen LogP contribution is -2.61. The van der Waals surface area contributed by atoms with Crippen molar-refractivity contribution in [3.05, 3.63) is 54.4 Å². The van der Waals surface area contributed by atoms with Crippen LogP contribution in [-0.2, 0) is 20.7 Å². The van der Waals surface area contributed by atoms with E-state index in [1.807, 2.05) is 36.4 Å². The Labute approximate surface area is 158 Å². The molecule has 2 N–H and O–H groups in total. The first-order valence-corrected chi connectivity index (χ1v) is 9.29. The van der Waals surface area contributed by atoms with Crippen molar-refractivity contribution in [3.8, 4) is 11.1 Å². The third kappa shape index (κ3) is 3.71. The second kappa shape index (κ2) is 7.12. The molecule has 0 radical (unpaired) electrons. The van der Waals surface area contributed by atoms with E-state index in [1.54, 1.807) is 17.3 Å². The maximum absolute atomic E-state index is 12.5. The Morgan fingerprint density at radius 1 is 1.19 bits per heavy atom. The van der Waals surface area contributed by atoms with Crippen molar-refractivity contribution in [2.75, 3.05) is 19.7 Å². The van der Waals surface area contributed by atoms with E-state index in [9.17, 15) is 9.59 Å². The van der Waals surface area contributed by atoms with Crippen molar-refractivity contribution in [1.29, 1.82) is 0 Å². The van der Waals surface area contributed by atoms with E-state index in [-0.39, 0.29) is 18.4 Å². The molecule has 1 aliphatic heterocycles. The maximum Gasteiger partial charge on any atom is 0.251 e. The summed E-state index contributed by atoms with van der Waals surface area (Å²) >= 11 is 0. The Hall–Kier alpha value is -2.73. The number of morpholine rings is 1. The number of ether oxygens (including phenoxy) is 1. The molecule has 6 heteroatoms. The molecule has 1 saturated heterocycles. The lowest BCUT2D eigenvalue weighted by atomic mass is 9.90. The van der Waals surface area contributed by atoms with Crippen LogP contribution in [0.3, 0.4) is 0 Å². The second-order valence-corrected chi connectivity index (χ2v) is 7.35. The quantitative estimate of drug-likeness (QED) is 0.875. The minimum atomic E-state index is -1.18. The minimum absolute atomic E-state index is 0.115. The highest BCUT2D eigenvalue weighted by Gasteiger charge is 2.45. The van der Waals surface area contributed by atoms with Gasteiger partial charge in [0.25, 0.3) is 5.91 Å². The Morgan fingerprint density at radius 3 is 2.67 bits per heavy atom. The molecule has 1 aromatic carbocycles. The summed E-state index contributed by atoms with van der Waals surface area (Å²) in [7, 11) is 0. The van der Waals surface area contributed by atoms with Gasteiger partial charge < -0.3 is 15.4 Å². The van der Waals surface area contributed by atoms with Crippen LogP contribution in [0.2, 0.25) is 0 Å². The van der Waals surface area contributed by atoms with Crippen molar-refractivity contribution in [2.45, 2.75) is 24.9 Å². The highest BCUT2D eigenvalue weighted by molar-refractivity contribution is 5.87. The minimum Gasteiger partial charge on any atom is -0.367 e. The molecule has 2 aromatic rings. The number of hydrogen-bond acceptors (Lipinski definition) is 4. The maximum atomic E-state index is 12.5. The fourth-order valence-corrected chi connectivity index (χ4v) is 3.64. The predicted molar refractivity (Wildman–Crippen MR) is 101 cm³/mol. The monoisotopic (exact) mass is 365 g/mol. The molecule has 27 heavy (non-hydrogen) atoms. The lowest BCUT2D eigenvalue weighted by Gasteiger charge is -2.41. The van der Waals surface area contributed by atoms with Gasteiger partial charge in [0.1, 0.15) is 0 Å². The summed E-state index contributed by atoms with van der Waals surface area (Å²) in [5.74, 6) is -0.289. The molecule has 1 unspecified atom stereocenters. The Kier molecular flexibility index (Phi) is 4.66. The third-order valence-electron chi connectivity index (χ3n) is 5.30. The zero-order valence-electron chi connectivity index (χ0n) is 15.1. The Morgan fingerprint density at radius 2 is 1.96 bits per heavy atom. The summed E-state index contributed by atoms with van der Waals surface area (Å²) in [5, 5.41) is 0. The molecule has 0 bridgehead atoms. The van der Waals surface area contributed by atoms with Crippen LogP contribution in [0, 0.1) is 5.92 Å². The van der Waals surface area contributed by atoms with E-state index < -0.39 is 11.5 Å². The molecule has 140 valence electrons. The molecule has 2 fully saturated rings. The first-order valence-electron chi connectivity index (χ1n) is 9.29. The highest BCUT2D eigenvalue weighted by atomic mass is 16.5. The number of rotatable bonds is 5. The standard InChI is InChI=1S/C21H23N3O3/c22-20(26)21(14-24(10-11-27-21)19(25)17-4-5-17)13-15-2-1-3-18(12-15)16-6-8-23-9-7-16/h1-3,6-9,12,17H,4-5,10-11,13-14H2,(H2,22,26). The number of aromatic nitrogens is 1. The molecule has 4 rings (SSSR count). The smallest absolute Gasteiger partial charge is 0.251 e. The Bertz CT molecular complexity index is 851. The van der Waals surface area contributed by atoms with E-state index in [0.717, 1.165) is 29.5 Å². The van der Waals surface area contributed by atoms with E-state index in [0.29, 0.717) is 19.6 Å². The van der Waals surface area contributed by atoms with Crippen LogP contribution in [0.15, 0.2) is 48.8 Å². The first-order chi connectivity index (χ1) is 13.1. The summed E-state index contributed by atoms with van der Waals surface area (Å²) in [4.78, 5) is 30.6. The van der Waals surface area contributed by atoms with Crippen LogP contribution in [0.5, 0.6) is 0 Å². The zero-order valence-corrected chi connectivity index (χ0v) is 15.1. The molecule has 2 heterocycles. The predicted octanol–water partition coefficient (Wildman–Crippen LogP) is 1.78. The van der Waals surface area contributed by atoms with Crippen molar-refractivity contribution in [3.63, 3.8) is 0 Å². The summed E-state index contributed by atoms with van der Waals surface area (Å²) < 4.78 is 5.88. The molecule has 2 amide bonds. The molecule has 1 aliphatic carbocycles. The van der Waals surface area contributed by atoms with E-state index in [1.165, 1.54) is 0 Å². The molecule has 1 saturated carbocycles. The fraction of sp³-hybridized carbons (Fsp3) is 0.381. The average Bonchev–Trinajstić information content (AvgIpc) is 3.54. The summed E-state index contributed by atoms with van der Waals surface area (Å²) in [6, 6.07) is 11.8. The molecule has 0 spiro atoms. The van der Waals surface area contributed by atoms with Gasteiger partial charge in [0.2, 0.25) is 5.91 Å². The summed E-state index contributed by atoms with van der Waals surface area (Å²) in [6.45, 7) is 1.06. The van der Waals surface area contributed by atoms with Crippen LogP contribution >= 0.6 is 0 Å². The van der Waals surface area contributed by atoms with E-state index in [4.69, 9.17) is 10.5 Å². The van der Waals surface area contributed by atoms with Crippen LogP contribution in [0.25, 0.3) is 11.1 Å². The van der Waals surface area contributed by atoms with E-state index >= 15 is 0 Å². The molecule has 6 nitrogen and oxygen atoms in total. The number of carbonyl (C=O) groups excluding carboxylic acids is 2. The molecule has 1 atom stereocenters. The number of primary amides is 1. The number of benzene rings is 1. The highest BCUT2D eigenvalue weighted by Crippen LogP contribution is 2.33. The SMILES string of the molecule is NC(=O)C1(Cc2cccc(-c3ccncc3)c2)CN(C(=O)C2CC2)CCO1. The number of hydrogen-bond donors (Lipinski definition) is 1. The largest absolute Gasteiger partial charge is 0.367 e. The van der Waals surface area contributed by atoms with Gasteiger partial charge >= 0.3 is 0 Å². The molecular formula is C21H23N3O3. The van der Waals surface area contributed by atoms with Crippen molar-refractivity contribution in [1.82, 2.24) is 9.88 Å². The van der Waals surface area contributed by atoms with Gasteiger partial charge in [-0.1, -0.05) is 24.3 Å². The van der Waals surface area contributed by atoms with Crippen molar-refractivity contribution < 1.29 is 14.3 Å². The van der Waals surface area contributed by atoms with Gasteiger partial charge in [-0.05, 0) is 41.7 Å².